The van der Waals surface area contributed by atoms with E-state index in [1.807, 2.05) is 12.1 Å². The summed E-state index contributed by atoms with van der Waals surface area (Å²) in [5.74, 6) is 0.970. The van der Waals surface area contributed by atoms with Crippen molar-refractivity contribution in [3.05, 3.63) is 23.3 Å². The average Bonchev–Trinajstić information content (AvgIpc) is 3.18. The molecule has 24 heavy (non-hydrogen) atoms. The van der Waals surface area contributed by atoms with Crippen LogP contribution in [0.2, 0.25) is 0 Å². The molecule has 6 heteroatoms. The molecule has 0 radical (unpaired) electrons. The van der Waals surface area contributed by atoms with Gasteiger partial charge in [-0.1, -0.05) is 0 Å². The Kier molecular flexibility index (Phi) is 3.09. The summed E-state index contributed by atoms with van der Waals surface area (Å²) >= 11 is 0. The Hall–Kier alpha value is -1.79. The molecule has 2 fully saturated rings. The SMILES string of the molecule is O=C1OC[C@@H]2[C@H](C3(O)CCOCC3)c3cc4c(cc3C[C@@H]12)OCO4. The Morgan fingerprint density at radius 1 is 1.08 bits per heavy atom. The van der Waals surface area contributed by atoms with Crippen LogP contribution in [0.3, 0.4) is 0 Å². The molecule has 3 aliphatic heterocycles. The minimum atomic E-state index is -0.877. The minimum Gasteiger partial charge on any atom is -0.465 e. The van der Waals surface area contributed by atoms with Crippen LogP contribution in [-0.2, 0) is 20.7 Å². The van der Waals surface area contributed by atoms with E-state index in [1.165, 1.54) is 0 Å². The average molecular weight is 332 g/mol. The van der Waals surface area contributed by atoms with Gasteiger partial charge in [-0.05, 0) is 29.7 Å². The zero-order valence-corrected chi connectivity index (χ0v) is 13.3. The van der Waals surface area contributed by atoms with Crippen LogP contribution in [0, 0.1) is 11.8 Å². The number of ether oxygens (including phenoxy) is 4. The summed E-state index contributed by atoms with van der Waals surface area (Å²) in [7, 11) is 0. The molecule has 1 aromatic carbocycles. The Morgan fingerprint density at radius 2 is 1.83 bits per heavy atom. The molecule has 0 unspecified atom stereocenters. The Morgan fingerprint density at radius 3 is 2.62 bits per heavy atom. The van der Waals surface area contributed by atoms with Crippen molar-refractivity contribution in [3.63, 3.8) is 0 Å². The van der Waals surface area contributed by atoms with Gasteiger partial charge in [0.25, 0.3) is 0 Å². The summed E-state index contributed by atoms with van der Waals surface area (Å²) in [6.45, 7) is 1.68. The van der Waals surface area contributed by atoms with Gasteiger partial charge in [0.15, 0.2) is 11.5 Å². The highest BCUT2D eigenvalue weighted by atomic mass is 16.7. The second kappa shape index (κ2) is 5.10. The van der Waals surface area contributed by atoms with Crippen molar-refractivity contribution >= 4 is 5.97 Å². The number of hydrogen-bond acceptors (Lipinski definition) is 6. The predicted molar refractivity (Wildman–Crippen MR) is 82.0 cm³/mol. The lowest BCUT2D eigenvalue weighted by atomic mass is 9.62. The molecule has 3 atom stereocenters. The van der Waals surface area contributed by atoms with Crippen LogP contribution in [0.15, 0.2) is 12.1 Å². The van der Waals surface area contributed by atoms with Gasteiger partial charge in [0.05, 0.1) is 18.1 Å². The van der Waals surface area contributed by atoms with Gasteiger partial charge < -0.3 is 24.1 Å². The number of aliphatic hydroxyl groups is 1. The van der Waals surface area contributed by atoms with Gasteiger partial charge in [0, 0.05) is 37.9 Å². The van der Waals surface area contributed by atoms with Gasteiger partial charge >= 0.3 is 5.97 Å². The first-order chi connectivity index (χ1) is 11.7. The summed E-state index contributed by atoms with van der Waals surface area (Å²) in [5, 5.41) is 11.4. The molecular weight excluding hydrogens is 312 g/mol. The van der Waals surface area contributed by atoms with Crippen LogP contribution in [0.5, 0.6) is 11.5 Å². The van der Waals surface area contributed by atoms with Crippen LogP contribution in [0.1, 0.15) is 29.9 Å². The molecule has 4 aliphatic rings. The third kappa shape index (κ3) is 1.99. The van der Waals surface area contributed by atoms with E-state index in [-0.39, 0.29) is 30.5 Å². The largest absolute Gasteiger partial charge is 0.465 e. The van der Waals surface area contributed by atoms with E-state index in [0.29, 0.717) is 39.1 Å². The maximum atomic E-state index is 12.2. The van der Waals surface area contributed by atoms with Gasteiger partial charge in [0.2, 0.25) is 6.79 Å². The van der Waals surface area contributed by atoms with Gasteiger partial charge in [0.1, 0.15) is 0 Å². The van der Waals surface area contributed by atoms with Gasteiger partial charge in [-0.15, -0.1) is 0 Å². The molecule has 0 spiro atoms. The highest BCUT2D eigenvalue weighted by Gasteiger charge is 2.54. The number of benzene rings is 1. The zero-order chi connectivity index (χ0) is 16.3. The first-order valence-electron chi connectivity index (χ1n) is 8.55. The van der Waals surface area contributed by atoms with E-state index < -0.39 is 5.60 Å². The van der Waals surface area contributed by atoms with Crippen LogP contribution in [0.25, 0.3) is 0 Å². The second-order valence-electron chi connectivity index (χ2n) is 7.20. The van der Waals surface area contributed by atoms with Crippen molar-refractivity contribution in [1.29, 1.82) is 0 Å². The monoisotopic (exact) mass is 332 g/mol. The van der Waals surface area contributed by atoms with Crippen LogP contribution in [0.4, 0.5) is 0 Å². The number of hydrogen-bond donors (Lipinski definition) is 1. The summed E-state index contributed by atoms with van der Waals surface area (Å²) in [4.78, 5) is 12.2. The molecule has 6 nitrogen and oxygen atoms in total. The van der Waals surface area contributed by atoms with Gasteiger partial charge in [-0.2, -0.15) is 0 Å². The Labute approximate surface area is 139 Å². The lowest BCUT2D eigenvalue weighted by Crippen LogP contribution is -2.48. The van der Waals surface area contributed by atoms with E-state index in [1.54, 1.807) is 0 Å². The fourth-order valence-corrected chi connectivity index (χ4v) is 4.80. The predicted octanol–water partition coefficient (Wildman–Crippen LogP) is 1.39. The minimum absolute atomic E-state index is 0.00784. The molecule has 2 saturated heterocycles. The summed E-state index contributed by atoms with van der Waals surface area (Å²) in [5.41, 5.74) is 1.25. The van der Waals surface area contributed by atoms with E-state index in [2.05, 4.69) is 0 Å². The quantitative estimate of drug-likeness (QED) is 0.784. The molecular formula is C18H20O6. The summed E-state index contributed by atoms with van der Waals surface area (Å²) < 4.78 is 21.8. The molecule has 1 N–H and O–H groups in total. The summed E-state index contributed by atoms with van der Waals surface area (Å²) in [6, 6.07) is 3.96. The van der Waals surface area contributed by atoms with Crippen LogP contribution >= 0.6 is 0 Å². The molecule has 5 rings (SSSR count). The second-order valence-corrected chi connectivity index (χ2v) is 7.20. The first kappa shape index (κ1) is 14.5. The maximum absolute atomic E-state index is 12.2. The number of cyclic esters (lactones) is 1. The summed E-state index contributed by atoms with van der Waals surface area (Å²) in [6.07, 6.45) is 1.78. The topological polar surface area (TPSA) is 74.2 Å². The third-order valence-corrected chi connectivity index (χ3v) is 6.01. The van der Waals surface area contributed by atoms with Crippen LogP contribution < -0.4 is 9.47 Å². The first-order valence-corrected chi connectivity index (χ1v) is 8.55. The number of carbonyl (C=O) groups excluding carboxylic acids is 1. The fourth-order valence-electron chi connectivity index (χ4n) is 4.80. The zero-order valence-electron chi connectivity index (χ0n) is 13.3. The van der Waals surface area contributed by atoms with E-state index in [9.17, 15) is 9.90 Å². The van der Waals surface area contributed by atoms with Crippen molar-refractivity contribution in [3.8, 4) is 11.5 Å². The van der Waals surface area contributed by atoms with Crippen molar-refractivity contribution in [1.82, 2.24) is 0 Å². The molecule has 0 aromatic heterocycles. The maximum Gasteiger partial charge on any atom is 0.309 e. The smallest absolute Gasteiger partial charge is 0.309 e. The van der Waals surface area contributed by atoms with E-state index in [4.69, 9.17) is 18.9 Å². The van der Waals surface area contributed by atoms with E-state index in [0.717, 1.165) is 22.6 Å². The molecule has 1 aromatic rings. The molecule has 128 valence electrons. The molecule has 0 amide bonds. The number of esters is 1. The lowest BCUT2D eigenvalue weighted by Gasteiger charge is -2.45. The molecule has 1 aliphatic carbocycles. The Balaban J connectivity index is 1.65. The number of rotatable bonds is 1. The fraction of sp³-hybridized carbons (Fsp3) is 0.611. The normalized spacial score (nSPS) is 32.9. The molecule has 3 heterocycles. The number of carbonyl (C=O) groups is 1. The molecule has 0 bridgehead atoms. The highest BCUT2D eigenvalue weighted by Crippen LogP contribution is 2.53. The molecule has 0 saturated carbocycles. The number of fused-ring (bicyclic) bond motifs is 3. The Bertz CT molecular complexity index is 693. The van der Waals surface area contributed by atoms with E-state index >= 15 is 0 Å². The lowest BCUT2D eigenvalue weighted by molar-refractivity contribution is -0.141. The standard InChI is InChI=1S/C18H20O6/c19-17-12-5-10-6-14-15(24-9-23-14)7-11(10)16(13(12)8-22-17)18(20)1-3-21-4-2-18/h6-7,12-13,16,20H,1-5,8-9H2/t12-,13+,16-/m1/s1. The van der Waals surface area contributed by atoms with Crippen molar-refractivity contribution in [2.45, 2.75) is 30.8 Å². The van der Waals surface area contributed by atoms with Crippen molar-refractivity contribution < 1.29 is 28.8 Å². The third-order valence-electron chi connectivity index (χ3n) is 6.01. The van der Waals surface area contributed by atoms with Crippen LogP contribution in [-0.4, -0.2) is 43.3 Å². The van der Waals surface area contributed by atoms with Crippen molar-refractivity contribution in [2.24, 2.45) is 11.8 Å². The van der Waals surface area contributed by atoms with Crippen molar-refractivity contribution in [2.75, 3.05) is 26.6 Å². The van der Waals surface area contributed by atoms with Gasteiger partial charge in [-0.3, -0.25) is 4.79 Å². The van der Waals surface area contributed by atoms with Gasteiger partial charge in [-0.25, -0.2) is 0 Å². The highest BCUT2D eigenvalue weighted by molar-refractivity contribution is 5.76.